The molecule has 0 saturated carbocycles. The van der Waals surface area contributed by atoms with E-state index in [0.717, 1.165) is 44.1 Å². The van der Waals surface area contributed by atoms with Crippen LogP contribution in [0.5, 0.6) is 5.75 Å². The Morgan fingerprint density at radius 2 is 2.00 bits per heavy atom. The third kappa shape index (κ3) is 4.51. The van der Waals surface area contributed by atoms with Crippen LogP contribution in [0.4, 0.5) is 0 Å². The number of aryl methyl sites for hydroxylation is 1. The summed E-state index contributed by atoms with van der Waals surface area (Å²) in [6.45, 7) is 2.83. The summed E-state index contributed by atoms with van der Waals surface area (Å²) in [5.74, 6) is 0.746. The Balaban J connectivity index is 1.57. The molecule has 0 aliphatic heterocycles. The van der Waals surface area contributed by atoms with Gasteiger partial charge < -0.3 is 10.1 Å². The van der Waals surface area contributed by atoms with Gasteiger partial charge in [-0.15, -0.1) is 0 Å². The van der Waals surface area contributed by atoms with Crippen molar-refractivity contribution in [2.24, 2.45) is 0 Å². The highest BCUT2D eigenvalue weighted by atomic mass is 16.5. The molecule has 0 saturated heterocycles. The largest absolute Gasteiger partial charge is 0.494 e. The van der Waals surface area contributed by atoms with Gasteiger partial charge in [-0.3, -0.25) is 9.59 Å². The first-order chi connectivity index (χ1) is 12.7. The van der Waals surface area contributed by atoms with Crippen LogP contribution < -0.4 is 10.1 Å². The summed E-state index contributed by atoms with van der Waals surface area (Å²) in [4.78, 5) is 23.4. The van der Waals surface area contributed by atoms with Crippen molar-refractivity contribution in [2.45, 2.75) is 45.1 Å². The van der Waals surface area contributed by atoms with Crippen molar-refractivity contribution in [2.75, 3.05) is 6.61 Å². The van der Waals surface area contributed by atoms with Crippen molar-refractivity contribution >= 4 is 12.2 Å². The minimum atomic E-state index is -0.0527. The molecule has 0 heterocycles. The average Bonchev–Trinajstić information content (AvgIpc) is 2.68. The molecule has 1 N–H and O–H groups in total. The molecule has 2 aromatic rings. The SMILES string of the molecule is CCCCOc1ccc(C(=O)NC2CCc3cc(C=O)ccc3C2)cc1. The standard InChI is InChI=1S/C22H25NO3/c1-2-3-12-26-21-10-7-17(8-11-21)22(25)23-20-9-6-18-13-16(15-24)4-5-19(18)14-20/h4-5,7-8,10-11,13,15,20H,2-3,6,9,12,14H2,1H3,(H,23,25). The second kappa shape index (κ2) is 8.65. The summed E-state index contributed by atoms with van der Waals surface area (Å²) in [6.07, 6.45) is 5.58. The number of ether oxygens (including phenoxy) is 1. The van der Waals surface area contributed by atoms with Crippen molar-refractivity contribution in [3.8, 4) is 5.75 Å². The number of hydrogen-bond donors (Lipinski definition) is 1. The van der Waals surface area contributed by atoms with Gasteiger partial charge in [0.2, 0.25) is 0 Å². The van der Waals surface area contributed by atoms with Gasteiger partial charge in [-0.25, -0.2) is 0 Å². The van der Waals surface area contributed by atoms with Crippen LogP contribution in [0.1, 0.15) is 58.0 Å². The van der Waals surface area contributed by atoms with E-state index in [0.29, 0.717) is 17.7 Å². The van der Waals surface area contributed by atoms with E-state index in [-0.39, 0.29) is 11.9 Å². The Hall–Kier alpha value is -2.62. The maximum absolute atomic E-state index is 12.5. The zero-order valence-corrected chi connectivity index (χ0v) is 15.2. The number of benzene rings is 2. The summed E-state index contributed by atoms with van der Waals surface area (Å²) < 4.78 is 5.63. The van der Waals surface area contributed by atoms with Gasteiger partial charge in [0.25, 0.3) is 5.91 Å². The molecule has 1 amide bonds. The molecule has 0 bridgehead atoms. The van der Waals surface area contributed by atoms with Gasteiger partial charge in [-0.2, -0.15) is 0 Å². The number of rotatable bonds is 7. The van der Waals surface area contributed by atoms with Crippen LogP contribution in [0.15, 0.2) is 42.5 Å². The highest BCUT2D eigenvalue weighted by Gasteiger charge is 2.21. The number of unbranched alkanes of at least 4 members (excludes halogenated alkanes) is 1. The molecular weight excluding hydrogens is 326 g/mol. The Morgan fingerprint density at radius 3 is 2.73 bits per heavy atom. The molecule has 0 spiro atoms. The fourth-order valence-electron chi connectivity index (χ4n) is 3.28. The Kier molecular flexibility index (Phi) is 6.05. The van der Waals surface area contributed by atoms with Gasteiger partial charge in [0.15, 0.2) is 0 Å². The summed E-state index contributed by atoms with van der Waals surface area (Å²) >= 11 is 0. The summed E-state index contributed by atoms with van der Waals surface area (Å²) in [7, 11) is 0. The average molecular weight is 351 g/mol. The van der Waals surface area contributed by atoms with Gasteiger partial charge in [0.05, 0.1) is 6.61 Å². The normalized spacial score (nSPS) is 15.8. The molecule has 1 aliphatic carbocycles. The molecule has 0 aromatic heterocycles. The van der Waals surface area contributed by atoms with E-state index < -0.39 is 0 Å². The lowest BCUT2D eigenvalue weighted by molar-refractivity contribution is 0.0933. The fraction of sp³-hybridized carbons (Fsp3) is 0.364. The first-order valence-corrected chi connectivity index (χ1v) is 9.30. The van der Waals surface area contributed by atoms with E-state index >= 15 is 0 Å². The second-order valence-electron chi connectivity index (χ2n) is 6.79. The molecule has 1 unspecified atom stereocenters. The summed E-state index contributed by atoms with van der Waals surface area (Å²) in [5, 5.41) is 3.13. The van der Waals surface area contributed by atoms with E-state index in [9.17, 15) is 9.59 Å². The smallest absolute Gasteiger partial charge is 0.251 e. The van der Waals surface area contributed by atoms with Crippen molar-refractivity contribution < 1.29 is 14.3 Å². The van der Waals surface area contributed by atoms with Crippen LogP contribution in [0.3, 0.4) is 0 Å². The Bertz CT molecular complexity index is 767. The van der Waals surface area contributed by atoms with Gasteiger partial charge in [-0.05, 0) is 67.1 Å². The maximum Gasteiger partial charge on any atom is 0.251 e. The van der Waals surface area contributed by atoms with Crippen LogP contribution >= 0.6 is 0 Å². The number of nitrogens with one attached hydrogen (secondary N) is 1. The number of hydrogen-bond acceptors (Lipinski definition) is 3. The van der Waals surface area contributed by atoms with Crippen molar-refractivity contribution in [3.05, 3.63) is 64.7 Å². The van der Waals surface area contributed by atoms with Crippen molar-refractivity contribution in [1.82, 2.24) is 5.32 Å². The van der Waals surface area contributed by atoms with E-state index in [1.54, 1.807) is 0 Å². The molecular formula is C22H25NO3. The van der Waals surface area contributed by atoms with Crippen LogP contribution in [-0.2, 0) is 12.8 Å². The first-order valence-electron chi connectivity index (χ1n) is 9.30. The molecule has 0 fully saturated rings. The highest BCUT2D eigenvalue weighted by molar-refractivity contribution is 5.94. The second-order valence-corrected chi connectivity index (χ2v) is 6.79. The lowest BCUT2D eigenvalue weighted by Gasteiger charge is -2.25. The zero-order valence-electron chi connectivity index (χ0n) is 15.2. The monoisotopic (exact) mass is 351 g/mol. The summed E-state index contributed by atoms with van der Waals surface area (Å²) in [5.41, 5.74) is 3.79. The number of carbonyl (C=O) groups excluding carboxylic acids is 2. The zero-order chi connectivity index (χ0) is 18.4. The van der Waals surface area contributed by atoms with Gasteiger partial charge in [0.1, 0.15) is 12.0 Å². The number of carbonyl (C=O) groups is 2. The maximum atomic E-state index is 12.5. The lowest BCUT2D eigenvalue weighted by Crippen LogP contribution is -2.38. The lowest BCUT2D eigenvalue weighted by atomic mass is 9.87. The fourth-order valence-corrected chi connectivity index (χ4v) is 3.28. The molecule has 0 radical (unpaired) electrons. The highest BCUT2D eigenvalue weighted by Crippen LogP contribution is 2.23. The van der Waals surface area contributed by atoms with Crippen molar-refractivity contribution in [3.63, 3.8) is 0 Å². The van der Waals surface area contributed by atoms with Crippen molar-refractivity contribution in [1.29, 1.82) is 0 Å². The van der Waals surface area contributed by atoms with Gasteiger partial charge in [-0.1, -0.05) is 25.5 Å². The van der Waals surface area contributed by atoms with Gasteiger partial charge in [0, 0.05) is 17.2 Å². The Labute approximate surface area is 154 Å². The quantitative estimate of drug-likeness (QED) is 0.607. The molecule has 26 heavy (non-hydrogen) atoms. The van der Waals surface area contributed by atoms with Crippen LogP contribution in [-0.4, -0.2) is 24.8 Å². The molecule has 4 heteroatoms. The first kappa shape index (κ1) is 18.2. The topological polar surface area (TPSA) is 55.4 Å². The molecule has 4 nitrogen and oxygen atoms in total. The van der Waals surface area contributed by atoms with E-state index in [1.165, 1.54) is 11.1 Å². The van der Waals surface area contributed by atoms with Crippen LogP contribution in [0, 0.1) is 0 Å². The van der Waals surface area contributed by atoms with Gasteiger partial charge >= 0.3 is 0 Å². The van der Waals surface area contributed by atoms with E-state index in [4.69, 9.17) is 4.74 Å². The predicted octanol–water partition coefficient (Wildman–Crippen LogP) is 3.97. The van der Waals surface area contributed by atoms with E-state index in [1.807, 2.05) is 42.5 Å². The third-order valence-corrected chi connectivity index (χ3v) is 4.81. The van der Waals surface area contributed by atoms with Crippen LogP contribution in [0.2, 0.25) is 0 Å². The third-order valence-electron chi connectivity index (χ3n) is 4.81. The molecule has 1 atom stereocenters. The minimum Gasteiger partial charge on any atom is -0.494 e. The molecule has 2 aromatic carbocycles. The minimum absolute atomic E-state index is 0.0527. The van der Waals surface area contributed by atoms with E-state index in [2.05, 4.69) is 12.2 Å². The Morgan fingerprint density at radius 1 is 1.19 bits per heavy atom. The number of fused-ring (bicyclic) bond motifs is 1. The molecule has 3 rings (SSSR count). The molecule has 136 valence electrons. The summed E-state index contributed by atoms with van der Waals surface area (Å²) in [6, 6.07) is 13.2. The predicted molar refractivity (Wildman–Crippen MR) is 102 cm³/mol. The molecule has 1 aliphatic rings. The number of aldehydes is 1. The van der Waals surface area contributed by atoms with Crippen LogP contribution in [0.25, 0.3) is 0 Å². The number of amides is 1.